The highest BCUT2D eigenvalue weighted by atomic mass is 19.1. The molecule has 0 amide bonds. The Bertz CT molecular complexity index is 399. The van der Waals surface area contributed by atoms with Gasteiger partial charge in [0, 0.05) is 6.42 Å². The molecular formula is C12H12FNO2. The van der Waals surface area contributed by atoms with Crippen LogP contribution in [0, 0.1) is 11.3 Å². The predicted octanol–water partition coefficient (Wildman–Crippen LogP) is 2.02. The lowest BCUT2D eigenvalue weighted by atomic mass is 9.98. The summed E-state index contributed by atoms with van der Waals surface area (Å²) >= 11 is 0. The molecule has 16 heavy (non-hydrogen) atoms. The molecule has 1 atom stereocenters. The molecule has 0 heterocycles. The van der Waals surface area contributed by atoms with Gasteiger partial charge in [-0.15, -0.1) is 0 Å². The Labute approximate surface area is 93.5 Å². The second-order valence-corrected chi connectivity index (χ2v) is 3.30. The number of nitrogens with zero attached hydrogens (tertiary/aromatic N) is 1. The zero-order valence-electron chi connectivity index (χ0n) is 8.94. The third-order valence-electron chi connectivity index (χ3n) is 2.07. The summed E-state index contributed by atoms with van der Waals surface area (Å²) in [5.74, 6) is -1.12. The van der Waals surface area contributed by atoms with Crippen LogP contribution in [0.5, 0.6) is 0 Å². The summed E-state index contributed by atoms with van der Waals surface area (Å²) in [7, 11) is 0. The first-order valence-electron chi connectivity index (χ1n) is 4.93. The van der Waals surface area contributed by atoms with E-state index in [4.69, 9.17) is 5.26 Å². The molecule has 0 bridgehead atoms. The van der Waals surface area contributed by atoms with Crippen LogP contribution in [0.1, 0.15) is 12.5 Å². The van der Waals surface area contributed by atoms with E-state index < -0.39 is 11.6 Å². The average molecular weight is 221 g/mol. The second-order valence-electron chi connectivity index (χ2n) is 3.30. The highest BCUT2D eigenvalue weighted by molar-refractivity contribution is 5.83. The number of carbonyl (C=O) groups excluding carboxylic acids is 1. The van der Waals surface area contributed by atoms with Crippen LogP contribution in [0.25, 0.3) is 0 Å². The lowest BCUT2D eigenvalue weighted by Crippen LogP contribution is -2.36. The number of esters is 1. The van der Waals surface area contributed by atoms with Crippen LogP contribution >= 0.6 is 0 Å². The van der Waals surface area contributed by atoms with Crippen LogP contribution in [0.3, 0.4) is 0 Å². The van der Waals surface area contributed by atoms with Crippen LogP contribution in [-0.4, -0.2) is 18.2 Å². The van der Waals surface area contributed by atoms with Gasteiger partial charge in [-0.25, -0.2) is 9.18 Å². The van der Waals surface area contributed by atoms with Crippen molar-refractivity contribution < 1.29 is 13.9 Å². The first-order chi connectivity index (χ1) is 7.62. The SMILES string of the molecule is CCOC(=O)[C@@](F)(C#N)Cc1ccccc1. The van der Waals surface area contributed by atoms with Crippen molar-refractivity contribution in [1.29, 1.82) is 5.26 Å². The molecule has 0 aliphatic carbocycles. The Morgan fingerprint density at radius 2 is 2.12 bits per heavy atom. The Balaban J connectivity index is 2.83. The smallest absolute Gasteiger partial charge is 0.359 e. The quantitative estimate of drug-likeness (QED) is 0.731. The average Bonchev–Trinajstić information content (AvgIpc) is 2.30. The maximum atomic E-state index is 14.0. The van der Waals surface area contributed by atoms with Crippen molar-refractivity contribution in [3.8, 4) is 6.07 Å². The van der Waals surface area contributed by atoms with Crippen molar-refractivity contribution in [3.05, 3.63) is 35.9 Å². The summed E-state index contributed by atoms with van der Waals surface area (Å²) < 4.78 is 18.5. The van der Waals surface area contributed by atoms with Gasteiger partial charge in [0.05, 0.1) is 6.61 Å². The van der Waals surface area contributed by atoms with E-state index in [1.165, 1.54) is 6.07 Å². The summed E-state index contributed by atoms with van der Waals surface area (Å²) in [6.07, 6.45) is -0.289. The lowest BCUT2D eigenvalue weighted by molar-refractivity contribution is -0.153. The van der Waals surface area contributed by atoms with Gasteiger partial charge in [-0.05, 0) is 12.5 Å². The summed E-state index contributed by atoms with van der Waals surface area (Å²) in [5, 5.41) is 8.72. The lowest BCUT2D eigenvalue weighted by Gasteiger charge is -2.15. The van der Waals surface area contributed by atoms with E-state index in [-0.39, 0.29) is 13.0 Å². The van der Waals surface area contributed by atoms with Gasteiger partial charge in [0.2, 0.25) is 0 Å². The molecule has 1 rings (SSSR count). The molecule has 84 valence electrons. The Morgan fingerprint density at radius 1 is 1.50 bits per heavy atom. The first-order valence-corrected chi connectivity index (χ1v) is 4.93. The predicted molar refractivity (Wildman–Crippen MR) is 56.2 cm³/mol. The topological polar surface area (TPSA) is 50.1 Å². The van der Waals surface area contributed by atoms with E-state index in [1.54, 1.807) is 37.3 Å². The van der Waals surface area contributed by atoms with E-state index >= 15 is 0 Å². The molecule has 0 saturated carbocycles. The number of nitriles is 1. The molecule has 0 radical (unpaired) electrons. The molecule has 0 saturated heterocycles. The summed E-state index contributed by atoms with van der Waals surface area (Å²) in [5.41, 5.74) is -2.02. The van der Waals surface area contributed by atoms with Crippen LogP contribution in [0.2, 0.25) is 0 Å². The minimum absolute atomic E-state index is 0.0565. The normalized spacial score (nSPS) is 13.6. The minimum atomic E-state index is -2.60. The maximum absolute atomic E-state index is 14.0. The van der Waals surface area contributed by atoms with Crippen LogP contribution in [-0.2, 0) is 16.0 Å². The molecule has 0 spiro atoms. The molecule has 1 aromatic rings. The molecule has 3 nitrogen and oxygen atoms in total. The highest BCUT2D eigenvalue weighted by Gasteiger charge is 2.40. The first kappa shape index (κ1) is 12.2. The number of alkyl halides is 1. The Kier molecular flexibility index (Phi) is 4.01. The van der Waals surface area contributed by atoms with Crippen molar-refractivity contribution in [3.63, 3.8) is 0 Å². The molecule has 0 aromatic heterocycles. The van der Waals surface area contributed by atoms with Crippen molar-refractivity contribution in [2.24, 2.45) is 0 Å². The van der Waals surface area contributed by atoms with Gasteiger partial charge in [0.25, 0.3) is 5.67 Å². The second kappa shape index (κ2) is 5.26. The van der Waals surface area contributed by atoms with E-state index in [9.17, 15) is 9.18 Å². The van der Waals surface area contributed by atoms with Crippen LogP contribution < -0.4 is 0 Å². The van der Waals surface area contributed by atoms with Gasteiger partial charge < -0.3 is 4.74 Å². The van der Waals surface area contributed by atoms with Crippen molar-refractivity contribution in [1.82, 2.24) is 0 Å². The number of hydrogen-bond acceptors (Lipinski definition) is 3. The number of benzene rings is 1. The molecule has 1 aromatic carbocycles. The Hall–Kier alpha value is -1.89. The number of hydrogen-bond donors (Lipinski definition) is 0. The Morgan fingerprint density at radius 3 is 2.62 bits per heavy atom. The van der Waals surface area contributed by atoms with Crippen molar-refractivity contribution in [2.45, 2.75) is 19.0 Å². The fourth-order valence-corrected chi connectivity index (χ4v) is 1.28. The zero-order valence-corrected chi connectivity index (χ0v) is 8.94. The van der Waals surface area contributed by atoms with Crippen LogP contribution in [0.15, 0.2) is 30.3 Å². The van der Waals surface area contributed by atoms with Gasteiger partial charge in [-0.2, -0.15) is 5.26 Å². The van der Waals surface area contributed by atoms with E-state index in [0.717, 1.165) is 0 Å². The molecule has 0 aliphatic rings. The summed E-state index contributed by atoms with van der Waals surface area (Å²) in [6, 6.07) is 9.90. The zero-order chi connectivity index (χ0) is 12.0. The third-order valence-corrected chi connectivity index (χ3v) is 2.07. The van der Waals surface area contributed by atoms with E-state index in [0.29, 0.717) is 5.56 Å². The number of ether oxygens (including phenoxy) is 1. The molecule has 0 fully saturated rings. The highest BCUT2D eigenvalue weighted by Crippen LogP contribution is 2.19. The molecule has 0 N–H and O–H groups in total. The largest absolute Gasteiger partial charge is 0.463 e. The summed E-state index contributed by atoms with van der Waals surface area (Å²) in [4.78, 5) is 11.3. The monoisotopic (exact) mass is 221 g/mol. The molecule has 4 heteroatoms. The van der Waals surface area contributed by atoms with E-state index in [1.807, 2.05) is 0 Å². The van der Waals surface area contributed by atoms with Gasteiger partial charge in [0.1, 0.15) is 6.07 Å². The molecule has 0 aliphatic heterocycles. The van der Waals surface area contributed by atoms with Crippen LogP contribution in [0.4, 0.5) is 4.39 Å². The number of halogens is 1. The van der Waals surface area contributed by atoms with Gasteiger partial charge in [-0.1, -0.05) is 30.3 Å². The third kappa shape index (κ3) is 2.80. The van der Waals surface area contributed by atoms with Gasteiger partial charge in [0.15, 0.2) is 0 Å². The number of rotatable bonds is 4. The standard InChI is InChI=1S/C12H12FNO2/c1-2-16-11(15)12(13,9-14)8-10-6-4-3-5-7-10/h3-7H,2,8H2,1H3/t12-/m0/s1. The van der Waals surface area contributed by atoms with Crippen molar-refractivity contribution >= 4 is 5.97 Å². The van der Waals surface area contributed by atoms with Crippen molar-refractivity contribution in [2.75, 3.05) is 6.61 Å². The van der Waals surface area contributed by atoms with Gasteiger partial charge >= 0.3 is 5.97 Å². The molecule has 0 unspecified atom stereocenters. The van der Waals surface area contributed by atoms with E-state index in [2.05, 4.69) is 4.74 Å². The fraction of sp³-hybridized carbons (Fsp3) is 0.333. The number of carbonyl (C=O) groups is 1. The molecular weight excluding hydrogens is 209 g/mol. The summed E-state index contributed by atoms with van der Waals surface area (Å²) in [6.45, 7) is 1.62. The van der Waals surface area contributed by atoms with Gasteiger partial charge in [-0.3, -0.25) is 0 Å². The fourth-order valence-electron chi connectivity index (χ4n) is 1.28. The maximum Gasteiger partial charge on any atom is 0.359 e. The minimum Gasteiger partial charge on any atom is -0.463 e.